The van der Waals surface area contributed by atoms with Crippen molar-refractivity contribution in [1.29, 1.82) is 0 Å². The van der Waals surface area contributed by atoms with Crippen LogP contribution in [-0.2, 0) is 0 Å². The predicted octanol–water partition coefficient (Wildman–Crippen LogP) is 3.07. The molecule has 0 aromatic carbocycles. The van der Waals surface area contributed by atoms with Crippen molar-refractivity contribution in [3.05, 3.63) is 0 Å². The van der Waals surface area contributed by atoms with E-state index in [4.69, 9.17) is 0 Å². The molecule has 16 heavy (non-hydrogen) atoms. The van der Waals surface area contributed by atoms with Gasteiger partial charge in [0, 0.05) is 24.2 Å². The van der Waals surface area contributed by atoms with E-state index < -0.39 is 0 Å². The van der Waals surface area contributed by atoms with Crippen LogP contribution in [0.4, 0.5) is 0 Å². The summed E-state index contributed by atoms with van der Waals surface area (Å²) >= 11 is 0. The highest BCUT2D eigenvalue weighted by Gasteiger charge is 2.26. The molecule has 0 aliphatic heterocycles. The third kappa shape index (κ3) is 4.42. The van der Waals surface area contributed by atoms with Crippen molar-refractivity contribution >= 4 is 0 Å². The Morgan fingerprint density at radius 3 is 1.56 bits per heavy atom. The van der Waals surface area contributed by atoms with Gasteiger partial charge < -0.3 is 10.6 Å². The number of nitrogens with one attached hydrogen (secondary N) is 2. The van der Waals surface area contributed by atoms with Crippen LogP contribution in [0.15, 0.2) is 0 Å². The van der Waals surface area contributed by atoms with Crippen molar-refractivity contribution < 1.29 is 0 Å². The van der Waals surface area contributed by atoms with E-state index in [1.54, 1.807) is 0 Å². The van der Waals surface area contributed by atoms with E-state index in [0.29, 0.717) is 24.2 Å². The van der Waals surface area contributed by atoms with E-state index in [0.717, 1.165) is 0 Å². The van der Waals surface area contributed by atoms with Crippen molar-refractivity contribution in [2.45, 2.75) is 90.4 Å². The lowest BCUT2D eigenvalue weighted by molar-refractivity contribution is 0.249. The lowest BCUT2D eigenvalue weighted by Crippen LogP contribution is -2.54. The van der Waals surface area contributed by atoms with Crippen LogP contribution in [0, 0.1) is 0 Å². The average Bonchev–Trinajstić information content (AvgIpc) is 2.31. The van der Waals surface area contributed by atoms with Gasteiger partial charge in [0.15, 0.2) is 0 Å². The number of rotatable bonds is 6. The second kappa shape index (κ2) is 7.29. The molecule has 0 bridgehead atoms. The van der Waals surface area contributed by atoms with Gasteiger partial charge in [0.05, 0.1) is 0 Å². The topological polar surface area (TPSA) is 24.1 Å². The Labute approximate surface area is 102 Å². The molecule has 96 valence electrons. The first kappa shape index (κ1) is 14.0. The highest BCUT2D eigenvalue weighted by Crippen LogP contribution is 2.20. The van der Waals surface area contributed by atoms with Gasteiger partial charge in [0.2, 0.25) is 0 Å². The Morgan fingerprint density at radius 1 is 0.875 bits per heavy atom. The molecular weight excluding hydrogens is 196 g/mol. The summed E-state index contributed by atoms with van der Waals surface area (Å²) in [5.74, 6) is 0. The third-order valence-electron chi connectivity index (χ3n) is 3.99. The van der Waals surface area contributed by atoms with E-state index >= 15 is 0 Å². The largest absolute Gasteiger partial charge is 0.310 e. The first-order valence-electron chi connectivity index (χ1n) is 7.19. The second-order valence-electron chi connectivity index (χ2n) is 5.45. The van der Waals surface area contributed by atoms with Gasteiger partial charge in [-0.1, -0.05) is 26.7 Å². The summed E-state index contributed by atoms with van der Waals surface area (Å²) in [6, 6.07) is 2.70. The quantitative estimate of drug-likeness (QED) is 0.727. The Bertz CT molecular complexity index is 162. The molecule has 1 fully saturated rings. The summed E-state index contributed by atoms with van der Waals surface area (Å²) in [7, 11) is 0. The molecule has 0 radical (unpaired) electrons. The van der Waals surface area contributed by atoms with Crippen LogP contribution < -0.4 is 10.6 Å². The molecule has 1 rings (SSSR count). The van der Waals surface area contributed by atoms with Crippen molar-refractivity contribution in [1.82, 2.24) is 10.6 Å². The van der Waals surface area contributed by atoms with Crippen molar-refractivity contribution in [2.24, 2.45) is 0 Å². The summed E-state index contributed by atoms with van der Waals surface area (Å²) in [5.41, 5.74) is 0. The van der Waals surface area contributed by atoms with Crippen LogP contribution in [-0.4, -0.2) is 24.2 Å². The SMILES string of the molecule is CCC(C)NC1CCCCC1NC(C)CC. The molecule has 0 heterocycles. The van der Waals surface area contributed by atoms with Gasteiger partial charge in [0.1, 0.15) is 0 Å². The molecule has 4 atom stereocenters. The van der Waals surface area contributed by atoms with Gasteiger partial charge in [-0.25, -0.2) is 0 Å². The third-order valence-corrected chi connectivity index (χ3v) is 3.99. The monoisotopic (exact) mass is 226 g/mol. The molecule has 2 nitrogen and oxygen atoms in total. The van der Waals surface area contributed by atoms with Crippen LogP contribution in [0.5, 0.6) is 0 Å². The van der Waals surface area contributed by atoms with Gasteiger partial charge in [0.25, 0.3) is 0 Å². The van der Waals surface area contributed by atoms with Gasteiger partial charge in [-0.15, -0.1) is 0 Å². The molecule has 0 amide bonds. The predicted molar refractivity (Wildman–Crippen MR) is 71.8 cm³/mol. The molecule has 2 N–H and O–H groups in total. The normalized spacial score (nSPS) is 30.0. The lowest BCUT2D eigenvalue weighted by Gasteiger charge is -2.36. The van der Waals surface area contributed by atoms with Crippen LogP contribution in [0.2, 0.25) is 0 Å². The fourth-order valence-corrected chi connectivity index (χ4v) is 2.50. The van der Waals surface area contributed by atoms with Crippen molar-refractivity contribution in [3.8, 4) is 0 Å². The minimum Gasteiger partial charge on any atom is -0.310 e. The summed E-state index contributed by atoms with van der Waals surface area (Å²) in [4.78, 5) is 0. The van der Waals surface area contributed by atoms with E-state index in [9.17, 15) is 0 Å². The molecule has 0 aromatic heterocycles. The van der Waals surface area contributed by atoms with Crippen molar-refractivity contribution in [3.63, 3.8) is 0 Å². The van der Waals surface area contributed by atoms with E-state index in [1.807, 2.05) is 0 Å². The smallest absolute Gasteiger partial charge is 0.0223 e. The number of hydrogen-bond donors (Lipinski definition) is 2. The highest BCUT2D eigenvalue weighted by atomic mass is 15.1. The Kier molecular flexibility index (Phi) is 6.37. The standard InChI is InChI=1S/C14H30N2/c1-5-11(3)15-13-9-7-8-10-14(13)16-12(4)6-2/h11-16H,5-10H2,1-4H3. The summed E-state index contributed by atoms with van der Waals surface area (Å²) in [6.07, 6.45) is 7.94. The maximum Gasteiger partial charge on any atom is 0.0223 e. The van der Waals surface area contributed by atoms with Gasteiger partial charge in [-0.3, -0.25) is 0 Å². The van der Waals surface area contributed by atoms with Gasteiger partial charge >= 0.3 is 0 Å². The molecule has 0 aromatic rings. The maximum atomic E-state index is 3.79. The highest BCUT2D eigenvalue weighted by molar-refractivity contribution is 4.88. The summed E-state index contributed by atoms with van der Waals surface area (Å²) in [5, 5.41) is 7.57. The molecule has 1 aliphatic rings. The first-order valence-corrected chi connectivity index (χ1v) is 7.19. The first-order chi connectivity index (χ1) is 7.67. The Hall–Kier alpha value is -0.0800. The minimum absolute atomic E-state index is 0.657. The van der Waals surface area contributed by atoms with Gasteiger partial charge in [-0.2, -0.15) is 0 Å². The molecule has 0 spiro atoms. The maximum absolute atomic E-state index is 3.79. The Balaban J connectivity index is 2.43. The van der Waals surface area contributed by atoms with E-state index in [1.165, 1.54) is 38.5 Å². The van der Waals surface area contributed by atoms with Gasteiger partial charge in [-0.05, 0) is 39.5 Å². The zero-order chi connectivity index (χ0) is 12.0. The summed E-state index contributed by atoms with van der Waals surface area (Å²) < 4.78 is 0. The minimum atomic E-state index is 0.657. The van der Waals surface area contributed by atoms with E-state index in [2.05, 4.69) is 38.3 Å². The van der Waals surface area contributed by atoms with Crippen LogP contribution >= 0.6 is 0 Å². The average molecular weight is 226 g/mol. The Morgan fingerprint density at radius 2 is 1.25 bits per heavy atom. The molecule has 1 saturated carbocycles. The fourth-order valence-electron chi connectivity index (χ4n) is 2.50. The molecule has 4 unspecified atom stereocenters. The lowest BCUT2D eigenvalue weighted by atomic mass is 9.89. The molecular formula is C14H30N2. The van der Waals surface area contributed by atoms with Crippen LogP contribution in [0.3, 0.4) is 0 Å². The zero-order valence-corrected chi connectivity index (χ0v) is 11.6. The molecule has 2 heteroatoms. The summed E-state index contributed by atoms with van der Waals surface area (Å²) in [6.45, 7) is 9.12. The molecule has 1 aliphatic carbocycles. The second-order valence-corrected chi connectivity index (χ2v) is 5.45. The number of hydrogen-bond acceptors (Lipinski definition) is 2. The van der Waals surface area contributed by atoms with E-state index in [-0.39, 0.29) is 0 Å². The van der Waals surface area contributed by atoms with Crippen LogP contribution in [0.1, 0.15) is 66.2 Å². The zero-order valence-electron chi connectivity index (χ0n) is 11.6. The molecule has 0 saturated heterocycles. The van der Waals surface area contributed by atoms with Crippen LogP contribution in [0.25, 0.3) is 0 Å². The van der Waals surface area contributed by atoms with Crippen molar-refractivity contribution in [2.75, 3.05) is 0 Å². The fraction of sp³-hybridized carbons (Fsp3) is 1.00.